The van der Waals surface area contributed by atoms with Crippen LogP contribution in [-0.2, 0) is 0 Å². The number of thiazole rings is 1. The summed E-state index contributed by atoms with van der Waals surface area (Å²) in [5.41, 5.74) is 2.36. The van der Waals surface area contributed by atoms with Gasteiger partial charge in [0.1, 0.15) is 0 Å². The van der Waals surface area contributed by atoms with Gasteiger partial charge in [0.15, 0.2) is 0 Å². The fourth-order valence-corrected chi connectivity index (χ4v) is 2.98. The minimum absolute atomic E-state index is 1.09. The summed E-state index contributed by atoms with van der Waals surface area (Å²) in [6.45, 7) is 4.13. The molecule has 0 radical (unpaired) electrons. The summed E-state index contributed by atoms with van der Waals surface area (Å²) >= 11 is 5.24. The molecule has 0 atom stereocenters. The first-order valence-corrected chi connectivity index (χ1v) is 5.31. The SMILES string of the molecule is Cc1cc(Br)c2nc(C)sc2c1. The maximum absolute atomic E-state index is 4.43. The van der Waals surface area contributed by atoms with Crippen molar-refractivity contribution in [2.75, 3.05) is 0 Å². The molecule has 0 aliphatic carbocycles. The molecule has 0 fully saturated rings. The zero-order valence-electron chi connectivity index (χ0n) is 6.89. The quantitative estimate of drug-likeness (QED) is 0.686. The zero-order chi connectivity index (χ0) is 8.72. The lowest BCUT2D eigenvalue weighted by atomic mass is 10.2. The summed E-state index contributed by atoms with van der Waals surface area (Å²) in [4.78, 5) is 4.43. The van der Waals surface area contributed by atoms with Crippen molar-refractivity contribution in [1.82, 2.24) is 4.98 Å². The topological polar surface area (TPSA) is 12.9 Å². The van der Waals surface area contributed by atoms with E-state index in [0.29, 0.717) is 0 Å². The van der Waals surface area contributed by atoms with Crippen molar-refractivity contribution in [3.05, 3.63) is 27.2 Å². The molecule has 1 heterocycles. The van der Waals surface area contributed by atoms with E-state index in [-0.39, 0.29) is 0 Å². The summed E-state index contributed by atoms with van der Waals surface area (Å²) in [7, 11) is 0. The van der Waals surface area contributed by atoms with Crippen LogP contribution in [0.15, 0.2) is 16.6 Å². The number of halogens is 1. The highest BCUT2D eigenvalue weighted by atomic mass is 79.9. The van der Waals surface area contributed by atoms with Crippen LogP contribution < -0.4 is 0 Å². The highest BCUT2D eigenvalue weighted by molar-refractivity contribution is 9.10. The molecule has 2 aromatic rings. The van der Waals surface area contributed by atoms with E-state index in [1.165, 1.54) is 10.3 Å². The van der Waals surface area contributed by atoms with Crippen molar-refractivity contribution in [1.29, 1.82) is 0 Å². The Labute approximate surface area is 83.6 Å². The van der Waals surface area contributed by atoms with Gasteiger partial charge in [-0.05, 0) is 47.5 Å². The highest BCUT2D eigenvalue weighted by Gasteiger charge is 2.04. The molecule has 0 unspecified atom stereocenters. The molecule has 0 N–H and O–H groups in total. The van der Waals surface area contributed by atoms with Gasteiger partial charge in [-0.1, -0.05) is 0 Å². The molecule has 62 valence electrons. The third-order valence-electron chi connectivity index (χ3n) is 1.70. The van der Waals surface area contributed by atoms with Gasteiger partial charge in [0.2, 0.25) is 0 Å². The van der Waals surface area contributed by atoms with Gasteiger partial charge < -0.3 is 0 Å². The van der Waals surface area contributed by atoms with Crippen molar-refractivity contribution in [2.45, 2.75) is 13.8 Å². The average molecular weight is 242 g/mol. The van der Waals surface area contributed by atoms with Gasteiger partial charge in [-0.3, -0.25) is 0 Å². The van der Waals surface area contributed by atoms with Crippen molar-refractivity contribution in [2.24, 2.45) is 0 Å². The molecule has 0 amide bonds. The van der Waals surface area contributed by atoms with Crippen molar-refractivity contribution in [3.8, 4) is 0 Å². The van der Waals surface area contributed by atoms with Crippen LogP contribution in [0.4, 0.5) is 0 Å². The van der Waals surface area contributed by atoms with Crippen LogP contribution >= 0.6 is 27.3 Å². The summed E-state index contributed by atoms with van der Waals surface area (Å²) in [6, 6.07) is 4.27. The number of benzene rings is 1. The Morgan fingerprint density at radius 1 is 1.33 bits per heavy atom. The number of hydrogen-bond acceptors (Lipinski definition) is 2. The molecule has 3 heteroatoms. The molecule has 0 spiro atoms. The first-order valence-electron chi connectivity index (χ1n) is 3.70. The fourth-order valence-electron chi connectivity index (χ4n) is 1.23. The molecular weight excluding hydrogens is 234 g/mol. The van der Waals surface area contributed by atoms with E-state index in [4.69, 9.17) is 0 Å². The van der Waals surface area contributed by atoms with Crippen molar-refractivity contribution in [3.63, 3.8) is 0 Å². The average Bonchev–Trinajstić information content (AvgIpc) is 2.29. The van der Waals surface area contributed by atoms with Crippen LogP contribution in [0.3, 0.4) is 0 Å². The van der Waals surface area contributed by atoms with Crippen LogP contribution in [-0.4, -0.2) is 4.98 Å². The number of hydrogen-bond donors (Lipinski definition) is 0. The van der Waals surface area contributed by atoms with Crippen LogP contribution in [0.2, 0.25) is 0 Å². The van der Waals surface area contributed by atoms with Gasteiger partial charge in [0.05, 0.1) is 15.2 Å². The number of fused-ring (bicyclic) bond motifs is 1. The Bertz CT molecular complexity index is 433. The lowest BCUT2D eigenvalue weighted by Gasteiger charge is -1.94. The van der Waals surface area contributed by atoms with E-state index in [9.17, 15) is 0 Å². The normalized spacial score (nSPS) is 10.9. The molecular formula is C9H8BrNS. The number of aromatic nitrogens is 1. The van der Waals surface area contributed by atoms with Gasteiger partial charge in [0.25, 0.3) is 0 Å². The maximum atomic E-state index is 4.43. The van der Waals surface area contributed by atoms with E-state index >= 15 is 0 Å². The first kappa shape index (κ1) is 8.20. The molecule has 12 heavy (non-hydrogen) atoms. The Hall–Kier alpha value is -0.410. The number of nitrogens with zero attached hydrogens (tertiary/aromatic N) is 1. The largest absolute Gasteiger partial charge is 0.240 e. The Kier molecular flexibility index (Phi) is 1.93. The van der Waals surface area contributed by atoms with Crippen LogP contribution in [0.1, 0.15) is 10.6 Å². The molecule has 0 bridgehead atoms. The maximum Gasteiger partial charge on any atom is 0.0957 e. The molecule has 1 aromatic carbocycles. The minimum Gasteiger partial charge on any atom is -0.240 e. The van der Waals surface area contributed by atoms with Gasteiger partial charge in [-0.2, -0.15) is 0 Å². The first-order chi connectivity index (χ1) is 5.66. The van der Waals surface area contributed by atoms with E-state index in [2.05, 4.69) is 40.0 Å². The summed E-state index contributed by atoms with van der Waals surface area (Å²) < 4.78 is 2.36. The molecule has 0 saturated heterocycles. The second-order valence-electron chi connectivity index (χ2n) is 2.83. The van der Waals surface area contributed by atoms with Crippen LogP contribution in [0.5, 0.6) is 0 Å². The van der Waals surface area contributed by atoms with Crippen LogP contribution in [0, 0.1) is 13.8 Å². The van der Waals surface area contributed by atoms with E-state index in [1.807, 2.05) is 6.92 Å². The number of rotatable bonds is 0. The molecule has 0 aliphatic heterocycles. The summed E-state index contributed by atoms with van der Waals surface area (Å²) in [6.07, 6.45) is 0. The Balaban J connectivity index is 2.88. The predicted octanol–water partition coefficient (Wildman–Crippen LogP) is 3.68. The second kappa shape index (κ2) is 2.82. The zero-order valence-corrected chi connectivity index (χ0v) is 9.29. The summed E-state index contributed by atoms with van der Waals surface area (Å²) in [5, 5.41) is 1.12. The lowest BCUT2D eigenvalue weighted by molar-refractivity contribution is 1.33. The van der Waals surface area contributed by atoms with Gasteiger partial charge >= 0.3 is 0 Å². The predicted molar refractivity (Wildman–Crippen MR) is 56.8 cm³/mol. The van der Waals surface area contributed by atoms with Gasteiger partial charge in [-0.15, -0.1) is 11.3 Å². The van der Waals surface area contributed by atoms with E-state index in [0.717, 1.165) is 15.0 Å². The highest BCUT2D eigenvalue weighted by Crippen LogP contribution is 2.29. The van der Waals surface area contributed by atoms with E-state index < -0.39 is 0 Å². The molecule has 1 nitrogen and oxygen atoms in total. The third kappa shape index (κ3) is 1.27. The molecule has 1 aromatic heterocycles. The smallest absolute Gasteiger partial charge is 0.0957 e. The molecule has 0 aliphatic rings. The van der Waals surface area contributed by atoms with Gasteiger partial charge in [0, 0.05) is 4.47 Å². The number of aryl methyl sites for hydroxylation is 2. The molecule has 0 saturated carbocycles. The third-order valence-corrected chi connectivity index (χ3v) is 3.22. The second-order valence-corrected chi connectivity index (χ2v) is 4.92. The lowest BCUT2D eigenvalue weighted by Crippen LogP contribution is -1.74. The van der Waals surface area contributed by atoms with E-state index in [1.54, 1.807) is 11.3 Å². The Morgan fingerprint density at radius 3 is 2.83 bits per heavy atom. The standard InChI is InChI=1S/C9H8BrNS/c1-5-3-7(10)9-8(4-5)12-6(2)11-9/h3-4H,1-2H3. The monoisotopic (exact) mass is 241 g/mol. The summed E-state index contributed by atoms with van der Waals surface area (Å²) in [5.74, 6) is 0. The van der Waals surface area contributed by atoms with Crippen molar-refractivity contribution >= 4 is 37.5 Å². The van der Waals surface area contributed by atoms with Crippen LogP contribution in [0.25, 0.3) is 10.2 Å². The van der Waals surface area contributed by atoms with Gasteiger partial charge in [-0.25, -0.2) is 4.98 Å². The van der Waals surface area contributed by atoms with Crippen molar-refractivity contribution < 1.29 is 0 Å². The fraction of sp³-hybridized carbons (Fsp3) is 0.222. The minimum atomic E-state index is 1.09. The molecule has 2 rings (SSSR count). The Morgan fingerprint density at radius 2 is 2.08 bits per heavy atom.